The van der Waals surface area contributed by atoms with Crippen LogP contribution in [0.1, 0.15) is 21.5 Å². The minimum absolute atomic E-state index is 0.256. The number of rotatable bonds is 5. The van der Waals surface area contributed by atoms with E-state index in [0.717, 1.165) is 12.0 Å². The van der Waals surface area contributed by atoms with Gasteiger partial charge in [0.25, 0.3) is 0 Å². The first-order chi connectivity index (χ1) is 8.66. The Hall–Kier alpha value is -1.81. The number of aryl methyl sites for hydroxylation is 1. The van der Waals surface area contributed by atoms with E-state index < -0.39 is 5.97 Å². The Balaban J connectivity index is 2.00. The maximum atomic E-state index is 10.9. The maximum absolute atomic E-state index is 10.9. The van der Waals surface area contributed by atoms with Gasteiger partial charge in [0.2, 0.25) is 0 Å². The molecule has 2 rings (SSSR count). The fourth-order valence-corrected chi connectivity index (χ4v) is 2.31. The molecule has 0 saturated heterocycles. The molecule has 0 saturated carbocycles. The third-order valence-electron chi connectivity index (χ3n) is 2.66. The summed E-state index contributed by atoms with van der Waals surface area (Å²) in [5, 5.41) is 13.0. The Morgan fingerprint density at radius 2 is 2.22 bits per heavy atom. The zero-order chi connectivity index (χ0) is 13.0. The first-order valence-corrected chi connectivity index (χ1v) is 6.59. The maximum Gasteiger partial charge on any atom is 0.335 e. The second kappa shape index (κ2) is 5.69. The van der Waals surface area contributed by atoms with Gasteiger partial charge < -0.3 is 9.84 Å². The molecule has 1 aromatic heterocycles. The monoisotopic (exact) mass is 262 g/mol. The quantitative estimate of drug-likeness (QED) is 0.898. The van der Waals surface area contributed by atoms with Crippen LogP contribution < -0.4 is 4.74 Å². The average molecular weight is 262 g/mol. The van der Waals surface area contributed by atoms with E-state index in [-0.39, 0.29) is 5.56 Å². The molecule has 0 atom stereocenters. The van der Waals surface area contributed by atoms with Crippen LogP contribution in [0.5, 0.6) is 5.75 Å². The van der Waals surface area contributed by atoms with E-state index in [1.165, 1.54) is 5.56 Å². The number of carboxylic acids is 1. The summed E-state index contributed by atoms with van der Waals surface area (Å²) >= 11 is 1.66. The first kappa shape index (κ1) is 12.6. The third kappa shape index (κ3) is 3.11. The molecule has 0 aliphatic rings. The van der Waals surface area contributed by atoms with Crippen molar-refractivity contribution < 1.29 is 14.6 Å². The van der Waals surface area contributed by atoms with Crippen molar-refractivity contribution in [3.05, 3.63) is 51.7 Å². The van der Waals surface area contributed by atoms with Crippen LogP contribution >= 0.6 is 11.3 Å². The lowest BCUT2D eigenvalue weighted by atomic mass is 10.1. The van der Waals surface area contributed by atoms with Crippen molar-refractivity contribution in [3.63, 3.8) is 0 Å². The van der Waals surface area contributed by atoms with Gasteiger partial charge in [-0.15, -0.1) is 0 Å². The normalized spacial score (nSPS) is 10.3. The van der Waals surface area contributed by atoms with E-state index >= 15 is 0 Å². The summed E-state index contributed by atoms with van der Waals surface area (Å²) in [6.07, 6.45) is 0.834. The Labute approximate surface area is 110 Å². The van der Waals surface area contributed by atoms with Crippen molar-refractivity contribution in [2.45, 2.75) is 13.3 Å². The SMILES string of the molecule is Cc1ccc(C(=O)O)cc1OCCc1ccsc1. The summed E-state index contributed by atoms with van der Waals surface area (Å²) in [5.41, 5.74) is 2.45. The topological polar surface area (TPSA) is 46.5 Å². The minimum atomic E-state index is -0.933. The Morgan fingerprint density at radius 3 is 2.89 bits per heavy atom. The molecule has 0 fully saturated rings. The predicted octanol–water partition coefficient (Wildman–Crippen LogP) is 3.38. The van der Waals surface area contributed by atoms with Crippen LogP contribution in [0.3, 0.4) is 0 Å². The molecule has 0 amide bonds. The summed E-state index contributed by atoms with van der Waals surface area (Å²) in [4.78, 5) is 10.9. The van der Waals surface area contributed by atoms with Gasteiger partial charge in [-0.1, -0.05) is 6.07 Å². The van der Waals surface area contributed by atoms with E-state index in [4.69, 9.17) is 9.84 Å². The highest BCUT2D eigenvalue weighted by molar-refractivity contribution is 7.07. The van der Waals surface area contributed by atoms with Crippen molar-refractivity contribution in [2.24, 2.45) is 0 Å². The van der Waals surface area contributed by atoms with Gasteiger partial charge in [0.1, 0.15) is 5.75 Å². The molecular formula is C14H14O3S. The number of carbonyl (C=O) groups is 1. The van der Waals surface area contributed by atoms with E-state index in [0.29, 0.717) is 12.4 Å². The molecule has 0 aliphatic heterocycles. The molecule has 1 aromatic carbocycles. The number of aromatic carboxylic acids is 1. The fourth-order valence-electron chi connectivity index (χ4n) is 1.60. The van der Waals surface area contributed by atoms with Crippen LogP contribution in [0, 0.1) is 6.92 Å². The number of hydrogen-bond donors (Lipinski definition) is 1. The van der Waals surface area contributed by atoms with Crippen LogP contribution in [-0.4, -0.2) is 17.7 Å². The van der Waals surface area contributed by atoms with Crippen molar-refractivity contribution >= 4 is 17.3 Å². The number of thiophene rings is 1. The highest BCUT2D eigenvalue weighted by Crippen LogP contribution is 2.20. The van der Waals surface area contributed by atoms with Gasteiger partial charge in [0.05, 0.1) is 12.2 Å². The lowest BCUT2D eigenvalue weighted by molar-refractivity contribution is 0.0696. The van der Waals surface area contributed by atoms with Crippen LogP contribution in [-0.2, 0) is 6.42 Å². The molecule has 1 N–H and O–H groups in total. The van der Waals surface area contributed by atoms with Crippen molar-refractivity contribution in [1.29, 1.82) is 0 Å². The number of benzene rings is 1. The minimum Gasteiger partial charge on any atom is -0.493 e. The Bertz CT molecular complexity index is 532. The summed E-state index contributed by atoms with van der Waals surface area (Å²) in [7, 11) is 0. The van der Waals surface area contributed by atoms with E-state index in [9.17, 15) is 4.79 Å². The molecule has 1 heterocycles. The smallest absolute Gasteiger partial charge is 0.335 e. The Morgan fingerprint density at radius 1 is 1.39 bits per heavy atom. The molecule has 94 valence electrons. The molecule has 2 aromatic rings. The zero-order valence-corrected chi connectivity index (χ0v) is 10.9. The zero-order valence-electron chi connectivity index (χ0n) is 10.1. The van der Waals surface area contributed by atoms with Crippen LogP contribution in [0.4, 0.5) is 0 Å². The van der Waals surface area contributed by atoms with Gasteiger partial charge in [0.15, 0.2) is 0 Å². The third-order valence-corrected chi connectivity index (χ3v) is 3.40. The molecule has 0 spiro atoms. The summed E-state index contributed by atoms with van der Waals surface area (Å²) in [6, 6.07) is 6.99. The van der Waals surface area contributed by atoms with Gasteiger partial charge in [-0.2, -0.15) is 11.3 Å². The summed E-state index contributed by atoms with van der Waals surface area (Å²) < 4.78 is 5.64. The molecule has 0 aliphatic carbocycles. The summed E-state index contributed by atoms with van der Waals surface area (Å²) in [5.74, 6) is -0.289. The van der Waals surface area contributed by atoms with E-state index in [2.05, 4.69) is 11.4 Å². The molecule has 18 heavy (non-hydrogen) atoms. The number of hydrogen-bond acceptors (Lipinski definition) is 3. The Kier molecular flexibility index (Phi) is 3.99. The summed E-state index contributed by atoms with van der Waals surface area (Å²) in [6.45, 7) is 2.46. The van der Waals surface area contributed by atoms with Crippen molar-refractivity contribution in [2.75, 3.05) is 6.61 Å². The first-order valence-electron chi connectivity index (χ1n) is 5.64. The molecule has 0 bridgehead atoms. The standard InChI is InChI=1S/C14H14O3S/c1-10-2-3-12(14(15)16)8-13(10)17-6-4-11-5-7-18-9-11/h2-3,5,7-9H,4,6H2,1H3,(H,15,16). The molecule has 4 heteroatoms. The van der Waals surface area contributed by atoms with Gasteiger partial charge in [-0.05, 0) is 47.0 Å². The lowest BCUT2D eigenvalue weighted by Gasteiger charge is -2.09. The molecule has 0 radical (unpaired) electrons. The average Bonchev–Trinajstić information content (AvgIpc) is 2.84. The highest BCUT2D eigenvalue weighted by Gasteiger charge is 2.07. The van der Waals surface area contributed by atoms with Crippen LogP contribution in [0.15, 0.2) is 35.0 Å². The van der Waals surface area contributed by atoms with Crippen LogP contribution in [0.25, 0.3) is 0 Å². The van der Waals surface area contributed by atoms with E-state index in [1.807, 2.05) is 12.3 Å². The fraction of sp³-hybridized carbons (Fsp3) is 0.214. The van der Waals surface area contributed by atoms with Gasteiger partial charge >= 0.3 is 5.97 Å². The molecule has 0 unspecified atom stereocenters. The van der Waals surface area contributed by atoms with Gasteiger partial charge in [-0.3, -0.25) is 0 Å². The van der Waals surface area contributed by atoms with Gasteiger partial charge in [0, 0.05) is 6.42 Å². The number of ether oxygens (including phenoxy) is 1. The van der Waals surface area contributed by atoms with Crippen LogP contribution in [0.2, 0.25) is 0 Å². The molecule has 3 nitrogen and oxygen atoms in total. The van der Waals surface area contributed by atoms with Crippen molar-refractivity contribution in [3.8, 4) is 5.75 Å². The molecular weight excluding hydrogens is 248 g/mol. The predicted molar refractivity (Wildman–Crippen MR) is 71.7 cm³/mol. The second-order valence-electron chi connectivity index (χ2n) is 4.02. The lowest BCUT2D eigenvalue weighted by Crippen LogP contribution is -2.04. The highest BCUT2D eigenvalue weighted by atomic mass is 32.1. The van der Waals surface area contributed by atoms with Crippen molar-refractivity contribution in [1.82, 2.24) is 0 Å². The van der Waals surface area contributed by atoms with E-state index in [1.54, 1.807) is 29.5 Å². The largest absolute Gasteiger partial charge is 0.493 e. The second-order valence-corrected chi connectivity index (χ2v) is 4.80. The number of carboxylic acid groups (broad SMARTS) is 1. The van der Waals surface area contributed by atoms with Gasteiger partial charge in [-0.25, -0.2) is 4.79 Å².